The van der Waals surface area contributed by atoms with E-state index in [-0.39, 0.29) is 28.1 Å². The summed E-state index contributed by atoms with van der Waals surface area (Å²) in [7, 11) is -2.16. The van der Waals surface area contributed by atoms with Crippen molar-refractivity contribution in [1.29, 1.82) is 0 Å². The van der Waals surface area contributed by atoms with Crippen molar-refractivity contribution >= 4 is 38.9 Å². The highest BCUT2D eigenvalue weighted by atomic mass is 35.5. The molecule has 9 nitrogen and oxygen atoms in total. The minimum atomic E-state index is -3.76. The number of sulfonamides is 1. The molecule has 0 aliphatic carbocycles. The van der Waals surface area contributed by atoms with E-state index in [9.17, 15) is 8.42 Å². The molecule has 4 rings (SSSR count). The number of methoxy groups -OCH3 is 1. The monoisotopic (exact) mass is 493 g/mol. The Hall–Kier alpha value is -2.92. The van der Waals surface area contributed by atoms with Crippen molar-refractivity contribution in [3.05, 3.63) is 64.6 Å². The van der Waals surface area contributed by atoms with E-state index in [1.165, 1.54) is 18.2 Å². The third-order valence-electron chi connectivity index (χ3n) is 4.43. The number of rotatable bonds is 8. The number of fused-ring (bicyclic) bond motifs is 1. The summed E-state index contributed by atoms with van der Waals surface area (Å²) in [5, 5.41) is 13.1. The van der Waals surface area contributed by atoms with Gasteiger partial charge in [-0.1, -0.05) is 23.2 Å². The topological polar surface area (TPSA) is 108 Å². The van der Waals surface area contributed by atoms with Gasteiger partial charge in [0.25, 0.3) is 0 Å². The van der Waals surface area contributed by atoms with Crippen LogP contribution in [0.1, 0.15) is 0 Å². The van der Waals surface area contributed by atoms with Gasteiger partial charge < -0.3 is 9.47 Å². The Morgan fingerprint density at radius 2 is 1.78 bits per heavy atom. The normalized spacial score (nSPS) is 11.6. The van der Waals surface area contributed by atoms with Crippen molar-refractivity contribution in [3.8, 4) is 23.0 Å². The zero-order valence-electron chi connectivity index (χ0n) is 16.7. The first-order chi connectivity index (χ1) is 15.4. The van der Waals surface area contributed by atoms with Gasteiger partial charge in [-0.2, -0.15) is 4.52 Å². The number of ether oxygens (including phenoxy) is 2. The summed E-state index contributed by atoms with van der Waals surface area (Å²) in [5.74, 6) is 1.55. The minimum Gasteiger partial charge on any atom is -0.497 e. The van der Waals surface area contributed by atoms with E-state index < -0.39 is 10.0 Å². The lowest BCUT2D eigenvalue weighted by Crippen LogP contribution is -2.28. The Bertz CT molecular complexity index is 1360. The third-order valence-corrected chi connectivity index (χ3v) is 6.63. The van der Waals surface area contributed by atoms with Gasteiger partial charge in [0, 0.05) is 18.2 Å². The second-order valence-electron chi connectivity index (χ2n) is 6.52. The molecule has 0 aliphatic heterocycles. The van der Waals surface area contributed by atoms with Crippen LogP contribution in [0, 0.1) is 0 Å². The molecule has 0 saturated carbocycles. The van der Waals surface area contributed by atoms with Crippen LogP contribution in [-0.2, 0) is 10.0 Å². The number of hydrogen-bond donors (Lipinski definition) is 1. The van der Waals surface area contributed by atoms with E-state index in [1.54, 1.807) is 23.8 Å². The van der Waals surface area contributed by atoms with Crippen molar-refractivity contribution in [2.75, 3.05) is 20.3 Å². The number of halogens is 2. The molecule has 2 aromatic heterocycles. The van der Waals surface area contributed by atoms with Gasteiger partial charge in [-0.3, -0.25) is 0 Å². The third kappa shape index (κ3) is 4.78. The van der Waals surface area contributed by atoms with Crippen molar-refractivity contribution < 1.29 is 17.9 Å². The van der Waals surface area contributed by atoms with Gasteiger partial charge in [0.15, 0.2) is 11.5 Å². The van der Waals surface area contributed by atoms with Crippen LogP contribution in [0.4, 0.5) is 0 Å². The molecular formula is C20H17Cl2N5O4S. The van der Waals surface area contributed by atoms with Crippen LogP contribution in [0.3, 0.4) is 0 Å². The molecule has 1 N–H and O–H groups in total. The van der Waals surface area contributed by atoms with E-state index in [0.29, 0.717) is 17.4 Å². The van der Waals surface area contributed by atoms with Crippen LogP contribution >= 0.6 is 23.2 Å². The second kappa shape index (κ2) is 9.29. The Morgan fingerprint density at radius 1 is 1.00 bits per heavy atom. The maximum Gasteiger partial charge on any atom is 0.240 e. The molecule has 0 saturated heterocycles. The minimum absolute atomic E-state index is 0.0140. The molecular weight excluding hydrogens is 477 g/mol. The summed E-state index contributed by atoms with van der Waals surface area (Å²) in [4.78, 5) is 0.0140. The van der Waals surface area contributed by atoms with Gasteiger partial charge in [-0.15, -0.1) is 15.3 Å². The lowest BCUT2D eigenvalue weighted by molar-refractivity contribution is 0.306. The Labute approximate surface area is 193 Å². The van der Waals surface area contributed by atoms with E-state index in [0.717, 1.165) is 11.3 Å². The zero-order chi connectivity index (χ0) is 22.7. The summed E-state index contributed by atoms with van der Waals surface area (Å²) in [5.41, 5.74) is 1.35. The van der Waals surface area contributed by atoms with Crippen molar-refractivity contribution in [3.63, 3.8) is 0 Å². The molecule has 2 heterocycles. The van der Waals surface area contributed by atoms with Gasteiger partial charge in [0.2, 0.25) is 15.9 Å². The Morgan fingerprint density at radius 3 is 2.50 bits per heavy atom. The smallest absolute Gasteiger partial charge is 0.240 e. The number of benzene rings is 2. The largest absolute Gasteiger partial charge is 0.497 e. The molecule has 2 aromatic carbocycles. The molecule has 0 bridgehead atoms. The number of nitrogens with zero attached hydrogens (tertiary/aromatic N) is 4. The van der Waals surface area contributed by atoms with Gasteiger partial charge in [0.1, 0.15) is 12.4 Å². The molecule has 0 amide bonds. The first kappa shape index (κ1) is 22.3. The first-order valence-electron chi connectivity index (χ1n) is 9.32. The van der Waals surface area contributed by atoms with Crippen LogP contribution < -0.4 is 14.2 Å². The predicted octanol–water partition coefficient (Wildman–Crippen LogP) is 3.46. The second-order valence-corrected chi connectivity index (χ2v) is 9.10. The van der Waals surface area contributed by atoms with Crippen LogP contribution in [0.25, 0.3) is 17.0 Å². The fourth-order valence-electron chi connectivity index (χ4n) is 2.83. The molecule has 4 aromatic rings. The fraction of sp³-hybridized carbons (Fsp3) is 0.150. The molecule has 0 radical (unpaired) electrons. The highest BCUT2D eigenvalue weighted by Gasteiger charge is 2.15. The summed E-state index contributed by atoms with van der Waals surface area (Å²) in [6, 6.07) is 14.8. The highest BCUT2D eigenvalue weighted by molar-refractivity contribution is 7.89. The molecule has 12 heteroatoms. The maximum atomic E-state index is 12.4. The molecule has 32 heavy (non-hydrogen) atoms. The average Bonchev–Trinajstić information content (AvgIpc) is 3.22. The van der Waals surface area contributed by atoms with Crippen LogP contribution in [0.15, 0.2) is 59.5 Å². The molecule has 0 unspecified atom stereocenters. The van der Waals surface area contributed by atoms with Gasteiger partial charge >= 0.3 is 0 Å². The van der Waals surface area contributed by atoms with Crippen molar-refractivity contribution in [2.24, 2.45) is 0 Å². The Kier molecular flexibility index (Phi) is 6.47. The molecule has 0 aliphatic rings. The van der Waals surface area contributed by atoms with Crippen LogP contribution in [0.2, 0.25) is 10.0 Å². The van der Waals surface area contributed by atoms with Gasteiger partial charge in [0.05, 0.1) is 22.1 Å². The first-order valence-corrected chi connectivity index (χ1v) is 11.6. The maximum absolute atomic E-state index is 12.4. The van der Waals surface area contributed by atoms with Gasteiger partial charge in [-0.25, -0.2) is 13.1 Å². The van der Waals surface area contributed by atoms with Crippen LogP contribution in [-0.4, -0.2) is 48.5 Å². The fourth-order valence-corrected chi connectivity index (χ4v) is 4.23. The lowest BCUT2D eigenvalue weighted by atomic mass is 10.2. The molecule has 0 atom stereocenters. The summed E-state index contributed by atoms with van der Waals surface area (Å²) in [6.07, 6.45) is 0. The number of hydrogen-bond acceptors (Lipinski definition) is 7. The van der Waals surface area contributed by atoms with E-state index >= 15 is 0 Å². The number of nitrogens with one attached hydrogen (secondary N) is 1. The van der Waals surface area contributed by atoms with E-state index in [4.69, 9.17) is 32.7 Å². The average molecular weight is 494 g/mol. The van der Waals surface area contributed by atoms with Gasteiger partial charge in [-0.05, 0) is 48.5 Å². The predicted molar refractivity (Wildman–Crippen MR) is 120 cm³/mol. The summed E-state index contributed by atoms with van der Waals surface area (Å²) in [6.45, 7) is 0.0782. The number of aromatic nitrogens is 4. The van der Waals surface area contributed by atoms with Crippen molar-refractivity contribution in [1.82, 2.24) is 24.5 Å². The van der Waals surface area contributed by atoms with E-state index in [1.807, 2.05) is 24.3 Å². The van der Waals surface area contributed by atoms with E-state index in [2.05, 4.69) is 20.0 Å². The quantitative estimate of drug-likeness (QED) is 0.374. The zero-order valence-corrected chi connectivity index (χ0v) is 19.0. The molecule has 0 fully saturated rings. The standard InChI is InChI=1S/C20H17Cl2N5O4S/c1-30-14-4-2-13(3-5-14)20-25-24-18-8-9-19(26-27(18)20)31-11-10-23-32(28,29)15-6-7-16(21)17(22)12-15/h2-9,12,23H,10-11H2,1H3. The highest BCUT2D eigenvalue weighted by Crippen LogP contribution is 2.25. The molecule has 166 valence electrons. The van der Waals surface area contributed by atoms with Crippen LogP contribution in [0.5, 0.6) is 11.6 Å². The van der Waals surface area contributed by atoms with Crippen molar-refractivity contribution in [2.45, 2.75) is 4.90 Å². The molecule has 0 spiro atoms. The SMILES string of the molecule is COc1ccc(-c2nnc3ccc(OCCNS(=O)(=O)c4ccc(Cl)c(Cl)c4)nn23)cc1. The Balaban J connectivity index is 1.42. The summed E-state index contributed by atoms with van der Waals surface area (Å²) < 4.78 is 39.5. The summed E-state index contributed by atoms with van der Waals surface area (Å²) >= 11 is 11.7. The lowest BCUT2D eigenvalue weighted by Gasteiger charge is -2.09.